The van der Waals surface area contributed by atoms with Crippen molar-refractivity contribution in [2.45, 2.75) is 39.3 Å². The summed E-state index contributed by atoms with van der Waals surface area (Å²) in [5.41, 5.74) is 0. The fraction of sp³-hybridized carbons (Fsp3) is 0.875. The fourth-order valence-corrected chi connectivity index (χ4v) is 2.62. The number of ether oxygens (including phenoxy) is 1. The predicted molar refractivity (Wildman–Crippen MR) is 90.3 cm³/mol. The molecule has 1 saturated heterocycles. The third kappa shape index (κ3) is 7.76. The molecule has 0 aromatic rings. The van der Waals surface area contributed by atoms with Crippen molar-refractivity contribution in [3.63, 3.8) is 0 Å². The number of nitrogens with one attached hydrogen (secondary N) is 2. The third-order valence-corrected chi connectivity index (χ3v) is 3.98. The predicted octanol–water partition coefficient (Wildman–Crippen LogP) is -0.330. The summed E-state index contributed by atoms with van der Waals surface area (Å²) in [5, 5.41) is 5.85. The minimum Gasteiger partial charge on any atom is -0.385 e. The summed E-state index contributed by atoms with van der Waals surface area (Å²) in [4.78, 5) is 28.2. The molecule has 0 spiro atoms. The summed E-state index contributed by atoms with van der Waals surface area (Å²) >= 11 is 0. The molecule has 0 aliphatic carbocycles. The molecule has 1 aliphatic rings. The molecule has 7 nitrogen and oxygen atoms in total. The lowest BCUT2D eigenvalue weighted by Crippen LogP contribution is -2.55. The molecule has 1 rings (SSSR count). The third-order valence-electron chi connectivity index (χ3n) is 3.98. The Morgan fingerprint density at radius 3 is 2.35 bits per heavy atom. The van der Waals surface area contributed by atoms with Crippen LogP contribution >= 0.6 is 0 Å². The molecule has 0 aromatic heterocycles. The Morgan fingerprint density at radius 1 is 1.13 bits per heavy atom. The molecule has 0 aromatic carbocycles. The first-order chi connectivity index (χ1) is 10.9. The Kier molecular flexibility index (Phi) is 9.13. The second-order valence-electron chi connectivity index (χ2n) is 6.35. The lowest BCUT2D eigenvalue weighted by atomic mass is 10.2. The largest absolute Gasteiger partial charge is 0.385 e. The van der Waals surface area contributed by atoms with E-state index in [4.69, 9.17) is 4.74 Å². The van der Waals surface area contributed by atoms with Gasteiger partial charge in [-0.2, -0.15) is 0 Å². The van der Waals surface area contributed by atoms with Gasteiger partial charge in [-0.1, -0.05) is 0 Å². The smallest absolute Gasteiger partial charge is 0.237 e. The zero-order valence-electron chi connectivity index (χ0n) is 14.9. The Morgan fingerprint density at radius 2 is 1.78 bits per heavy atom. The average molecular weight is 328 g/mol. The number of rotatable bonds is 9. The van der Waals surface area contributed by atoms with Gasteiger partial charge in [-0.15, -0.1) is 0 Å². The lowest BCUT2D eigenvalue weighted by Gasteiger charge is -2.37. The summed E-state index contributed by atoms with van der Waals surface area (Å²) in [6, 6.07) is 0.0369. The van der Waals surface area contributed by atoms with Gasteiger partial charge in [-0.25, -0.2) is 0 Å². The number of amides is 2. The van der Waals surface area contributed by atoms with E-state index in [1.807, 2.05) is 20.8 Å². The molecule has 1 unspecified atom stereocenters. The summed E-state index contributed by atoms with van der Waals surface area (Å²) in [5.74, 6) is 0.129. The monoisotopic (exact) mass is 328 g/mol. The lowest BCUT2D eigenvalue weighted by molar-refractivity contribution is -0.128. The van der Waals surface area contributed by atoms with Crippen LogP contribution in [0.2, 0.25) is 0 Å². The van der Waals surface area contributed by atoms with Crippen LogP contribution in [0.25, 0.3) is 0 Å². The number of hydrogen-bond donors (Lipinski definition) is 2. The second-order valence-corrected chi connectivity index (χ2v) is 6.35. The quantitative estimate of drug-likeness (QED) is 0.567. The van der Waals surface area contributed by atoms with Gasteiger partial charge in [0, 0.05) is 52.5 Å². The zero-order chi connectivity index (χ0) is 17.2. The van der Waals surface area contributed by atoms with Crippen molar-refractivity contribution in [3.05, 3.63) is 0 Å². The summed E-state index contributed by atoms with van der Waals surface area (Å²) in [6.07, 6.45) is 0.827. The van der Waals surface area contributed by atoms with Crippen molar-refractivity contribution in [1.29, 1.82) is 0 Å². The maximum atomic E-state index is 12.1. The first-order valence-corrected chi connectivity index (χ1v) is 8.46. The van der Waals surface area contributed by atoms with Crippen LogP contribution < -0.4 is 10.6 Å². The normalized spacial score (nSPS) is 18.0. The van der Waals surface area contributed by atoms with E-state index in [1.165, 1.54) is 0 Å². The van der Waals surface area contributed by atoms with Gasteiger partial charge in [0.25, 0.3) is 0 Å². The maximum absolute atomic E-state index is 12.1. The van der Waals surface area contributed by atoms with Gasteiger partial charge in [0.05, 0.1) is 12.6 Å². The summed E-state index contributed by atoms with van der Waals surface area (Å²) in [7, 11) is 1.66. The Hall–Kier alpha value is -1.18. The molecule has 1 heterocycles. The molecule has 2 N–H and O–H groups in total. The van der Waals surface area contributed by atoms with E-state index < -0.39 is 0 Å². The molecule has 134 valence electrons. The average Bonchev–Trinajstić information content (AvgIpc) is 2.50. The van der Waals surface area contributed by atoms with E-state index in [0.717, 1.165) is 32.6 Å². The highest BCUT2D eigenvalue weighted by Gasteiger charge is 2.26. The zero-order valence-corrected chi connectivity index (χ0v) is 14.9. The molecule has 1 atom stereocenters. The van der Waals surface area contributed by atoms with Crippen LogP contribution in [-0.2, 0) is 14.3 Å². The van der Waals surface area contributed by atoms with Gasteiger partial charge < -0.3 is 15.4 Å². The van der Waals surface area contributed by atoms with Crippen LogP contribution in [0.3, 0.4) is 0 Å². The van der Waals surface area contributed by atoms with E-state index in [1.54, 1.807) is 7.11 Å². The van der Waals surface area contributed by atoms with E-state index >= 15 is 0 Å². The fourth-order valence-electron chi connectivity index (χ4n) is 2.62. The van der Waals surface area contributed by atoms with Gasteiger partial charge in [-0.05, 0) is 27.2 Å². The molecule has 0 saturated carbocycles. The van der Waals surface area contributed by atoms with Crippen LogP contribution in [-0.4, -0.2) is 86.7 Å². The van der Waals surface area contributed by atoms with Crippen LogP contribution in [0.5, 0.6) is 0 Å². The molecule has 23 heavy (non-hydrogen) atoms. The van der Waals surface area contributed by atoms with E-state index in [-0.39, 0.29) is 23.9 Å². The van der Waals surface area contributed by atoms with Crippen LogP contribution in [0.1, 0.15) is 27.2 Å². The van der Waals surface area contributed by atoms with E-state index in [0.29, 0.717) is 19.7 Å². The Bertz CT molecular complexity index is 368. The molecule has 2 amide bonds. The van der Waals surface area contributed by atoms with Crippen molar-refractivity contribution in [1.82, 2.24) is 20.4 Å². The van der Waals surface area contributed by atoms with Gasteiger partial charge in [0.2, 0.25) is 11.8 Å². The van der Waals surface area contributed by atoms with Crippen molar-refractivity contribution < 1.29 is 14.3 Å². The number of carbonyl (C=O) groups excluding carboxylic acids is 2. The molecular formula is C16H32N4O3. The first-order valence-electron chi connectivity index (χ1n) is 8.46. The van der Waals surface area contributed by atoms with Gasteiger partial charge >= 0.3 is 0 Å². The van der Waals surface area contributed by atoms with E-state index in [9.17, 15) is 9.59 Å². The molecular weight excluding hydrogens is 296 g/mol. The number of methoxy groups -OCH3 is 1. The summed E-state index contributed by atoms with van der Waals surface area (Å²) in [6.45, 7) is 10.8. The highest BCUT2D eigenvalue weighted by Crippen LogP contribution is 2.06. The van der Waals surface area contributed by atoms with Crippen molar-refractivity contribution in [3.8, 4) is 0 Å². The topological polar surface area (TPSA) is 73.9 Å². The minimum atomic E-state index is -0.135. The minimum absolute atomic E-state index is 0.0621. The van der Waals surface area contributed by atoms with Crippen molar-refractivity contribution in [2.24, 2.45) is 0 Å². The van der Waals surface area contributed by atoms with Gasteiger partial charge in [0.15, 0.2) is 0 Å². The van der Waals surface area contributed by atoms with Crippen LogP contribution in [0.4, 0.5) is 0 Å². The summed E-state index contributed by atoms with van der Waals surface area (Å²) < 4.78 is 4.97. The van der Waals surface area contributed by atoms with Crippen LogP contribution in [0.15, 0.2) is 0 Å². The molecule has 1 aliphatic heterocycles. The van der Waals surface area contributed by atoms with Crippen molar-refractivity contribution in [2.75, 3.05) is 53.0 Å². The highest BCUT2D eigenvalue weighted by molar-refractivity contribution is 5.81. The standard InChI is InChI=1S/C16H32N4O3/c1-13(2)18-15(21)12-19-7-9-20(10-8-19)14(3)16(22)17-6-5-11-23-4/h13-14H,5-12H2,1-4H3,(H,17,22)(H,18,21). The highest BCUT2D eigenvalue weighted by atomic mass is 16.5. The number of piperazine rings is 1. The first kappa shape index (κ1) is 19.9. The van der Waals surface area contributed by atoms with Gasteiger partial charge in [-0.3, -0.25) is 19.4 Å². The van der Waals surface area contributed by atoms with Crippen LogP contribution in [0, 0.1) is 0 Å². The molecule has 1 fully saturated rings. The number of carbonyl (C=O) groups is 2. The second kappa shape index (κ2) is 10.6. The Labute approximate surface area is 139 Å². The number of nitrogens with zero attached hydrogens (tertiary/aromatic N) is 2. The maximum Gasteiger partial charge on any atom is 0.237 e. The Balaban J connectivity index is 2.26. The van der Waals surface area contributed by atoms with Gasteiger partial charge in [0.1, 0.15) is 0 Å². The molecule has 0 bridgehead atoms. The van der Waals surface area contributed by atoms with E-state index in [2.05, 4.69) is 20.4 Å². The number of hydrogen-bond acceptors (Lipinski definition) is 5. The molecule has 0 radical (unpaired) electrons. The van der Waals surface area contributed by atoms with Crippen molar-refractivity contribution >= 4 is 11.8 Å². The SMILES string of the molecule is COCCCNC(=O)C(C)N1CCN(CC(=O)NC(C)C)CC1. The molecule has 7 heteroatoms.